The molecule has 3 aromatic carbocycles. The normalized spacial score (nSPS) is 14.3. The van der Waals surface area contributed by atoms with Gasteiger partial charge >= 0.3 is 0 Å². The van der Waals surface area contributed by atoms with Crippen molar-refractivity contribution in [2.75, 3.05) is 6.26 Å². The van der Waals surface area contributed by atoms with Gasteiger partial charge in [0.15, 0.2) is 0 Å². The lowest BCUT2D eigenvalue weighted by atomic mass is 9.80. The van der Waals surface area contributed by atoms with E-state index in [1.54, 1.807) is 6.26 Å². The second kappa shape index (κ2) is 10.2. The molecule has 0 aliphatic heterocycles. The summed E-state index contributed by atoms with van der Waals surface area (Å²) in [6.45, 7) is 16.8. The maximum Gasteiger partial charge on any atom is 0.0668 e. The summed E-state index contributed by atoms with van der Waals surface area (Å²) in [6.07, 6.45) is 5.62. The first kappa shape index (κ1) is 24.5. The fraction of sp³-hybridized carbons (Fsp3) is 0.194. The Morgan fingerprint density at radius 3 is 2.15 bits per heavy atom. The van der Waals surface area contributed by atoms with Gasteiger partial charge in [0.25, 0.3) is 0 Å². The summed E-state index contributed by atoms with van der Waals surface area (Å²) in [5, 5.41) is 0. The highest BCUT2D eigenvalue weighted by atomic mass is 32.1. The molecule has 2 heteroatoms. The van der Waals surface area contributed by atoms with Crippen LogP contribution in [-0.4, -0.2) is 12.0 Å². The van der Waals surface area contributed by atoms with Gasteiger partial charge < -0.3 is 0 Å². The molecule has 1 aliphatic carbocycles. The van der Waals surface area contributed by atoms with Gasteiger partial charge in [-0.25, -0.2) is 0 Å². The minimum Gasteiger partial charge on any atom is -0.253 e. The van der Waals surface area contributed by atoms with Crippen LogP contribution < -0.4 is 0 Å². The van der Waals surface area contributed by atoms with Crippen molar-refractivity contribution in [3.05, 3.63) is 120 Å². The first-order valence-electron chi connectivity index (χ1n) is 11.2. The maximum absolute atomic E-state index is 4.95. The highest BCUT2D eigenvalue weighted by molar-refractivity contribution is 7.79. The standard InChI is InChI=1S/C30H29N.CH4S/c1-7-25-26-17-16-23(18-28(26)30(5,6)27(25)8-2)24-15-14-20(3)29(19-24)31-21(4)22-12-10-9-11-13-22;1-2/h7-19H,1-2H2,3-6H3;2H,1H3. The summed E-state index contributed by atoms with van der Waals surface area (Å²) in [4.78, 5) is 4.95. The Hall–Kier alpha value is -3.10. The van der Waals surface area contributed by atoms with Crippen LogP contribution in [-0.2, 0) is 5.41 Å². The van der Waals surface area contributed by atoms with Crippen LogP contribution in [0.1, 0.15) is 43.0 Å². The van der Waals surface area contributed by atoms with Crippen molar-refractivity contribution >= 4 is 29.6 Å². The van der Waals surface area contributed by atoms with Crippen molar-refractivity contribution in [2.45, 2.75) is 33.1 Å². The van der Waals surface area contributed by atoms with E-state index in [0.29, 0.717) is 0 Å². The first-order valence-corrected chi connectivity index (χ1v) is 12.1. The average Bonchev–Trinajstić information content (AvgIpc) is 3.07. The summed E-state index contributed by atoms with van der Waals surface area (Å²) >= 11 is 3.53. The summed E-state index contributed by atoms with van der Waals surface area (Å²) in [6, 6.07) is 23.6. The lowest BCUT2D eigenvalue weighted by Gasteiger charge is -2.23. The predicted octanol–water partition coefficient (Wildman–Crippen LogP) is 8.77. The molecule has 1 aliphatic rings. The molecule has 0 bridgehead atoms. The van der Waals surface area contributed by atoms with Crippen LogP contribution in [0.2, 0.25) is 0 Å². The molecule has 0 N–H and O–H groups in total. The van der Waals surface area contributed by atoms with Crippen molar-refractivity contribution in [3.8, 4) is 11.1 Å². The van der Waals surface area contributed by atoms with Crippen LogP contribution in [0.3, 0.4) is 0 Å². The van der Waals surface area contributed by atoms with E-state index in [1.807, 2.05) is 30.4 Å². The first-order chi connectivity index (χ1) is 15.9. The van der Waals surface area contributed by atoms with Crippen LogP contribution in [0.15, 0.2) is 103 Å². The lowest BCUT2D eigenvalue weighted by molar-refractivity contribution is 0.655. The Balaban J connectivity index is 0.00000149. The molecule has 0 fully saturated rings. The number of hydrogen-bond acceptors (Lipinski definition) is 2. The third kappa shape index (κ3) is 4.67. The summed E-state index contributed by atoms with van der Waals surface area (Å²) in [7, 11) is 0. The second-order valence-electron chi connectivity index (χ2n) is 8.69. The van der Waals surface area contributed by atoms with Gasteiger partial charge in [-0.1, -0.05) is 93.8 Å². The monoisotopic (exact) mass is 451 g/mol. The SMILES string of the molecule is C=CC1=C(C=C)C(C)(C)c2cc(-c3ccc(C)c(N=C(C)c4ccccc4)c3)ccc21.CS. The van der Waals surface area contributed by atoms with E-state index in [0.717, 1.165) is 17.0 Å². The zero-order valence-corrected chi connectivity index (χ0v) is 21.2. The molecule has 0 atom stereocenters. The van der Waals surface area contributed by atoms with E-state index in [4.69, 9.17) is 4.99 Å². The van der Waals surface area contributed by atoms with Crippen molar-refractivity contribution in [1.29, 1.82) is 0 Å². The van der Waals surface area contributed by atoms with Gasteiger partial charge in [0.2, 0.25) is 0 Å². The number of aryl methyl sites for hydroxylation is 1. The van der Waals surface area contributed by atoms with Gasteiger partial charge in [-0.05, 0) is 76.8 Å². The smallest absolute Gasteiger partial charge is 0.0668 e. The average molecular weight is 452 g/mol. The molecule has 3 aromatic rings. The van der Waals surface area contributed by atoms with Crippen LogP contribution >= 0.6 is 12.6 Å². The number of hydrogen-bond donors (Lipinski definition) is 1. The van der Waals surface area contributed by atoms with Crippen molar-refractivity contribution < 1.29 is 0 Å². The molecular weight excluding hydrogens is 418 g/mol. The topological polar surface area (TPSA) is 12.4 Å². The molecule has 0 saturated heterocycles. The number of aliphatic imine (C=N–C) groups is 1. The van der Waals surface area contributed by atoms with Gasteiger partial charge in [0.1, 0.15) is 0 Å². The Kier molecular flexibility index (Phi) is 7.61. The van der Waals surface area contributed by atoms with Gasteiger partial charge in [-0.15, -0.1) is 0 Å². The third-order valence-corrected chi connectivity index (χ3v) is 6.38. The number of benzene rings is 3. The largest absolute Gasteiger partial charge is 0.253 e. The molecule has 0 amide bonds. The van der Waals surface area contributed by atoms with E-state index in [9.17, 15) is 0 Å². The Labute approximate surface area is 204 Å². The van der Waals surface area contributed by atoms with Gasteiger partial charge in [-0.3, -0.25) is 4.99 Å². The van der Waals surface area contributed by atoms with Crippen LogP contribution in [0, 0.1) is 6.92 Å². The van der Waals surface area contributed by atoms with Crippen LogP contribution in [0.25, 0.3) is 16.7 Å². The molecule has 0 saturated carbocycles. The number of allylic oxidation sites excluding steroid dienone is 4. The van der Waals surface area contributed by atoms with Gasteiger partial charge in [-0.2, -0.15) is 12.6 Å². The second-order valence-corrected chi connectivity index (χ2v) is 8.69. The number of fused-ring (bicyclic) bond motifs is 1. The highest BCUT2D eigenvalue weighted by Gasteiger charge is 2.35. The van der Waals surface area contributed by atoms with E-state index in [2.05, 4.69) is 102 Å². The molecule has 0 spiro atoms. The van der Waals surface area contributed by atoms with E-state index in [-0.39, 0.29) is 5.41 Å². The van der Waals surface area contributed by atoms with Gasteiger partial charge in [0, 0.05) is 11.1 Å². The fourth-order valence-corrected chi connectivity index (χ4v) is 4.52. The molecule has 33 heavy (non-hydrogen) atoms. The van der Waals surface area contributed by atoms with E-state index < -0.39 is 0 Å². The Morgan fingerprint density at radius 2 is 1.52 bits per heavy atom. The maximum atomic E-state index is 4.95. The molecule has 0 aromatic heterocycles. The van der Waals surface area contributed by atoms with Crippen molar-refractivity contribution in [3.63, 3.8) is 0 Å². The molecule has 1 nitrogen and oxygen atoms in total. The minimum atomic E-state index is -0.0911. The van der Waals surface area contributed by atoms with Crippen LogP contribution in [0.5, 0.6) is 0 Å². The summed E-state index contributed by atoms with van der Waals surface area (Å²) in [5.41, 5.74) is 11.6. The quantitative estimate of drug-likeness (QED) is 0.294. The molecule has 0 heterocycles. The highest BCUT2D eigenvalue weighted by Crippen LogP contribution is 2.48. The Bertz CT molecular complexity index is 1240. The Morgan fingerprint density at radius 1 is 0.879 bits per heavy atom. The third-order valence-electron chi connectivity index (χ3n) is 6.38. The minimum absolute atomic E-state index is 0.0911. The zero-order valence-electron chi connectivity index (χ0n) is 20.3. The number of thiol groups is 1. The predicted molar refractivity (Wildman–Crippen MR) is 150 cm³/mol. The zero-order chi connectivity index (χ0) is 24.2. The summed E-state index contributed by atoms with van der Waals surface area (Å²) < 4.78 is 0. The van der Waals surface area contributed by atoms with Crippen molar-refractivity contribution in [2.24, 2.45) is 4.99 Å². The van der Waals surface area contributed by atoms with Crippen molar-refractivity contribution in [1.82, 2.24) is 0 Å². The molecule has 4 rings (SSSR count). The van der Waals surface area contributed by atoms with Gasteiger partial charge in [0.05, 0.1) is 5.69 Å². The van der Waals surface area contributed by atoms with E-state index in [1.165, 1.54) is 39.0 Å². The number of nitrogens with zero attached hydrogens (tertiary/aromatic N) is 1. The molecule has 0 radical (unpaired) electrons. The van der Waals surface area contributed by atoms with Crippen LogP contribution in [0.4, 0.5) is 5.69 Å². The molecule has 168 valence electrons. The fourth-order valence-electron chi connectivity index (χ4n) is 4.52. The number of rotatable bonds is 5. The lowest BCUT2D eigenvalue weighted by Crippen LogP contribution is -2.16. The molecular formula is C31H33NS. The summed E-state index contributed by atoms with van der Waals surface area (Å²) in [5.74, 6) is 0. The van der Waals surface area contributed by atoms with E-state index >= 15 is 0 Å². The molecule has 0 unspecified atom stereocenters.